The molecule has 4 heteroatoms. The molecule has 0 saturated carbocycles. The summed E-state index contributed by atoms with van der Waals surface area (Å²) < 4.78 is 5.94. The van der Waals surface area contributed by atoms with Gasteiger partial charge in [0.05, 0.1) is 18.3 Å². The Balaban J connectivity index is 1.85. The lowest BCUT2D eigenvalue weighted by Gasteiger charge is -2.38. The molecule has 0 aliphatic carbocycles. The van der Waals surface area contributed by atoms with E-state index in [0.29, 0.717) is 12.6 Å². The van der Waals surface area contributed by atoms with Crippen LogP contribution in [0.5, 0.6) is 0 Å². The maximum atomic E-state index is 10.8. The molecule has 2 aliphatic rings. The molecule has 4 atom stereocenters. The molecule has 2 bridgehead atoms. The molecule has 1 aromatic carbocycles. The number of ether oxygens (including phenoxy) is 1. The SMILES string of the molecule is CN(C)c1ccc(C(O)C2(CN)CC3CCC2O3)cc1. The minimum Gasteiger partial charge on any atom is -0.388 e. The number of hydrogen-bond acceptors (Lipinski definition) is 4. The molecule has 0 spiro atoms. The third-order valence-electron chi connectivity index (χ3n) is 5.01. The molecule has 1 aromatic rings. The molecule has 4 unspecified atom stereocenters. The van der Waals surface area contributed by atoms with Crippen molar-refractivity contribution in [3.05, 3.63) is 29.8 Å². The van der Waals surface area contributed by atoms with Crippen molar-refractivity contribution < 1.29 is 9.84 Å². The summed E-state index contributed by atoms with van der Waals surface area (Å²) in [5, 5.41) is 10.8. The number of fused-ring (bicyclic) bond motifs is 2. The summed E-state index contributed by atoms with van der Waals surface area (Å²) in [5.41, 5.74) is 7.79. The largest absolute Gasteiger partial charge is 0.388 e. The zero-order valence-electron chi connectivity index (χ0n) is 12.2. The third-order valence-corrected chi connectivity index (χ3v) is 5.01. The van der Waals surface area contributed by atoms with Gasteiger partial charge < -0.3 is 20.5 Å². The van der Waals surface area contributed by atoms with Crippen LogP contribution in [0.2, 0.25) is 0 Å². The van der Waals surface area contributed by atoms with Crippen LogP contribution >= 0.6 is 0 Å². The highest BCUT2D eigenvalue weighted by Gasteiger charge is 2.55. The number of hydrogen-bond donors (Lipinski definition) is 2. The van der Waals surface area contributed by atoms with Crippen LogP contribution in [0.15, 0.2) is 24.3 Å². The lowest BCUT2D eigenvalue weighted by molar-refractivity contribution is -0.0263. The van der Waals surface area contributed by atoms with Gasteiger partial charge >= 0.3 is 0 Å². The summed E-state index contributed by atoms with van der Waals surface area (Å²) in [5.74, 6) is 0. The molecule has 4 nitrogen and oxygen atoms in total. The van der Waals surface area contributed by atoms with Crippen molar-refractivity contribution >= 4 is 5.69 Å². The molecule has 2 heterocycles. The van der Waals surface area contributed by atoms with E-state index < -0.39 is 6.10 Å². The molecule has 20 heavy (non-hydrogen) atoms. The van der Waals surface area contributed by atoms with Gasteiger partial charge in [-0.3, -0.25) is 0 Å². The minimum absolute atomic E-state index is 0.112. The average molecular weight is 276 g/mol. The standard InChI is InChI=1S/C16H24N2O2/c1-18(2)12-5-3-11(4-6-12)15(19)16(10-17)9-13-7-8-14(16)20-13/h3-6,13-15,19H,7-10,17H2,1-2H3. The van der Waals surface area contributed by atoms with E-state index in [1.165, 1.54) is 0 Å². The first-order valence-electron chi connectivity index (χ1n) is 7.38. The lowest BCUT2D eigenvalue weighted by atomic mass is 9.68. The van der Waals surface area contributed by atoms with E-state index in [2.05, 4.69) is 4.90 Å². The second-order valence-corrected chi connectivity index (χ2v) is 6.35. The molecule has 0 amide bonds. The first-order chi connectivity index (χ1) is 9.56. The molecule has 2 fully saturated rings. The lowest BCUT2D eigenvalue weighted by Crippen LogP contribution is -2.44. The summed E-state index contributed by atoms with van der Waals surface area (Å²) in [6, 6.07) is 8.08. The highest BCUT2D eigenvalue weighted by Crippen LogP contribution is 2.53. The van der Waals surface area contributed by atoms with Gasteiger partial charge in [0.25, 0.3) is 0 Å². The van der Waals surface area contributed by atoms with Crippen LogP contribution in [0.3, 0.4) is 0 Å². The molecule has 110 valence electrons. The Morgan fingerprint density at radius 1 is 1.35 bits per heavy atom. The van der Waals surface area contributed by atoms with Gasteiger partial charge in [-0.15, -0.1) is 0 Å². The Labute approximate surface area is 120 Å². The average Bonchev–Trinajstić information content (AvgIpc) is 3.07. The van der Waals surface area contributed by atoms with Gasteiger partial charge in [-0.2, -0.15) is 0 Å². The van der Waals surface area contributed by atoms with Crippen LogP contribution in [0, 0.1) is 5.41 Å². The number of rotatable bonds is 4. The molecular weight excluding hydrogens is 252 g/mol. The Hall–Kier alpha value is -1.10. The van der Waals surface area contributed by atoms with Crippen molar-refractivity contribution in [3.63, 3.8) is 0 Å². The van der Waals surface area contributed by atoms with E-state index in [0.717, 1.165) is 30.5 Å². The topological polar surface area (TPSA) is 58.7 Å². The van der Waals surface area contributed by atoms with Crippen molar-refractivity contribution in [1.29, 1.82) is 0 Å². The van der Waals surface area contributed by atoms with Gasteiger partial charge in [-0.05, 0) is 37.0 Å². The van der Waals surface area contributed by atoms with Crippen LogP contribution in [0.1, 0.15) is 30.9 Å². The number of anilines is 1. The Morgan fingerprint density at radius 3 is 2.50 bits per heavy atom. The Morgan fingerprint density at radius 2 is 2.05 bits per heavy atom. The quantitative estimate of drug-likeness (QED) is 0.878. The number of nitrogens with zero attached hydrogens (tertiary/aromatic N) is 1. The van der Waals surface area contributed by atoms with E-state index in [1.54, 1.807) is 0 Å². The summed E-state index contributed by atoms with van der Waals surface area (Å²) in [4.78, 5) is 2.05. The highest BCUT2D eigenvalue weighted by molar-refractivity contribution is 5.46. The maximum absolute atomic E-state index is 10.8. The molecular formula is C16H24N2O2. The van der Waals surface area contributed by atoms with Gasteiger partial charge in [-0.1, -0.05) is 12.1 Å². The van der Waals surface area contributed by atoms with E-state index in [4.69, 9.17) is 10.5 Å². The van der Waals surface area contributed by atoms with Crippen LogP contribution in [0.25, 0.3) is 0 Å². The van der Waals surface area contributed by atoms with Crippen molar-refractivity contribution in [2.45, 2.75) is 37.6 Å². The smallest absolute Gasteiger partial charge is 0.0884 e. The number of benzene rings is 1. The van der Waals surface area contributed by atoms with Crippen molar-refractivity contribution in [2.75, 3.05) is 25.5 Å². The summed E-state index contributed by atoms with van der Waals surface area (Å²) >= 11 is 0. The van der Waals surface area contributed by atoms with E-state index in [1.807, 2.05) is 38.4 Å². The predicted molar refractivity (Wildman–Crippen MR) is 79.7 cm³/mol. The number of nitrogens with two attached hydrogens (primary N) is 1. The molecule has 0 radical (unpaired) electrons. The Bertz CT molecular complexity index is 474. The predicted octanol–water partition coefficient (Wildman–Crippen LogP) is 1.68. The van der Waals surface area contributed by atoms with Crippen molar-refractivity contribution in [3.8, 4) is 0 Å². The van der Waals surface area contributed by atoms with Gasteiger partial charge in [-0.25, -0.2) is 0 Å². The first-order valence-corrected chi connectivity index (χ1v) is 7.38. The second kappa shape index (κ2) is 5.02. The van der Waals surface area contributed by atoms with Gasteiger partial charge in [0, 0.05) is 31.7 Å². The minimum atomic E-state index is -0.543. The van der Waals surface area contributed by atoms with Gasteiger partial charge in [0.2, 0.25) is 0 Å². The van der Waals surface area contributed by atoms with E-state index >= 15 is 0 Å². The molecule has 0 aromatic heterocycles. The van der Waals surface area contributed by atoms with Crippen LogP contribution in [-0.4, -0.2) is 38.0 Å². The molecule has 3 rings (SSSR count). The third kappa shape index (κ3) is 2.03. The van der Waals surface area contributed by atoms with Crippen LogP contribution in [0.4, 0.5) is 5.69 Å². The highest BCUT2D eigenvalue weighted by atomic mass is 16.5. The second-order valence-electron chi connectivity index (χ2n) is 6.35. The zero-order valence-corrected chi connectivity index (χ0v) is 12.2. The molecule has 2 aliphatic heterocycles. The van der Waals surface area contributed by atoms with Crippen molar-refractivity contribution in [1.82, 2.24) is 0 Å². The zero-order chi connectivity index (χ0) is 14.3. The van der Waals surface area contributed by atoms with Crippen LogP contribution in [-0.2, 0) is 4.74 Å². The fourth-order valence-corrected chi connectivity index (χ4v) is 3.73. The van der Waals surface area contributed by atoms with Crippen LogP contribution < -0.4 is 10.6 Å². The fourth-order valence-electron chi connectivity index (χ4n) is 3.73. The summed E-state index contributed by atoms with van der Waals surface area (Å²) in [6.45, 7) is 0.477. The summed E-state index contributed by atoms with van der Waals surface area (Å²) in [6.07, 6.45) is 2.87. The first kappa shape index (κ1) is 13.9. The number of aliphatic hydroxyl groups is 1. The van der Waals surface area contributed by atoms with E-state index in [-0.39, 0.29) is 11.5 Å². The maximum Gasteiger partial charge on any atom is 0.0884 e. The van der Waals surface area contributed by atoms with Crippen molar-refractivity contribution in [2.24, 2.45) is 11.1 Å². The summed E-state index contributed by atoms with van der Waals surface area (Å²) in [7, 11) is 4.02. The fraction of sp³-hybridized carbons (Fsp3) is 0.625. The molecule has 3 N–H and O–H groups in total. The Kier molecular flexibility index (Phi) is 3.48. The monoisotopic (exact) mass is 276 g/mol. The molecule has 2 saturated heterocycles. The van der Waals surface area contributed by atoms with E-state index in [9.17, 15) is 5.11 Å². The van der Waals surface area contributed by atoms with Gasteiger partial charge in [0.1, 0.15) is 0 Å². The number of aliphatic hydroxyl groups excluding tert-OH is 1. The van der Waals surface area contributed by atoms with Gasteiger partial charge in [0.15, 0.2) is 0 Å². The normalized spacial score (nSPS) is 33.4.